The molecule has 0 aliphatic heterocycles. The van der Waals surface area contributed by atoms with E-state index in [1.165, 1.54) is 6.07 Å². The van der Waals surface area contributed by atoms with Gasteiger partial charge in [-0.05, 0) is 12.1 Å². The van der Waals surface area contributed by atoms with Crippen molar-refractivity contribution in [2.75, 3.05) is 5.73 Å². The second-order valence-corrected chi connectivity index (χ2v) is 2.23. The highest BCUT2D eigenvalue weighted by atomic mass is 32.1. The standard InChI is InChI=1S/C6H7NOS/c7-4-1-2-6(9)5(8)3-4/h1-3,8-9H,7H2. The number of phenolic OH excluding ortho intramolecular Hbond substituents is 1. The van der Waals surface area contributed by atoms with E-state index in [2.05, 4.69) is 12.6 Å². The Morgan fingerprint density at radius 3 is 2.56 bits per heavy atom. The van der Waals surface area contributed by atoms with Crippen molar-refractivity contribution < 1.29 is 5.11 Å². The smallest absolute Gasteiger partial charge is 0.130 e. The second-order valence-electron chi connectivity index (χ2n) is 1.75. The molecule has 9 heavy (non-hydrogen) atoms. The van der Waals surface area contributed by atoms with Gasteiger partial charge in [-0.15, -0.1) is 12.6 Å². The van der Waals surface area contributed by atoms with Crippen LogP contribution in [-0.4, -0.2) is 5.11 Å². The normalized spacial score (nSPS) is 9.44. The number of thiol groups is 1. The van der Waals surface area contributed by atoms with Crippen molar-refractivity contribution in [3.63, 3.8) is 0 Å². The monoisotopic (exact) mass is 141 g/mol. The maximum atomic E-state index is 8.94. The van der Waals surface area contributed by atoms with E-state index in [4.69, 9.17) is 10.8 Å². The van der Waals surface area contributed by atoms with Crippen molar-refractivity contribution in [1.82, 2.24) is 0 Å². The summed E-state index contributed by atoms with van der Waals surface area (Å²) in [6.07, 6.45) is 0. The third-order valence-electron chi connectivity index (χ3n) is 0.999. The van der Waals surface area contributed by atoms with E-state index in [0.29, 0.717) is 10.6 Å². The fraction of sp³-hybridized carbons (Fsp3) is 0. The highest BCUT2D eigenvalue weighted by molar-refractivity contribution is 7.80. The molecule has 0 aliphatic rings. The Bertz CT molecular complexity index is 224. The minimum atomic E-state index is 0.123. The van der Waals surface area contributed by atoms with Crippen molar-refractivity contribution in [3.8, 4) is 5.75 Å². The van der Waals surface area contributed by atoms with E-state index in [1.54, 1.807) is 12.1 Å². The van der Waals surface area contributed by atoms with Crippen molar-refractivity contribution in [3.05, 3.63) is 18.2 Å². The van der Waals surface area contributed by atoms with Crippen LogP contribution < -0.4 is 5.73 Å². The molecule has 0 saturated carbocycles. The number of aromatic hydroxyl groups is 1. The van der Waals surface area contributed by atoms with Crippen LogP contribution >= 0.6 is 12.6 Å². The van der Waals surface area contributed by atoms with Crippen molar-refractivity contribution in [2.45, 2.75) is 4.90 Å². The van der Waals surface area contributed by atoms with Crippen LogP contribution in [0.4, 0.5) is 5.69 Å². The number of nitrogen functional groups attached to an aromatic ring is 1. The number of rotatable bonds is 0. The van der Waals surface area contributed by atoms with Gasteiger partial charge in [0.2, 0.25) is 0 Å². The fourth-order valence-corrected chi connectivity index (χ4v) is 0.680. The maximum absolute atomic E-state index is 8.94. The Morgan fingerprint density at radius 1 is 1.44 bits per heavy atom. The Labute approximate surface area is 58.7 Å². The lowest BCUT2D eigenvalue weighted by molar-refractivity contribution is 0.463. The van der Waals surface area contributed by atoms with Crippen LogP contribution in [0.25, 0.3) is 0 Å². The van der Waals surface area contributed by atoms with Crippen LogP contribution in [0.3, 0.4) is 0 Å². The zero-order chi connectivity index (χ0) is 6.85. The van der Waals surface area contributed by atoms with Crippen molar-refractivity contribution in [2.24, 2.45) is 0 Å². The number of hydrogen-bond donors (Lipinski definition) is 3. The summed E-state index contributed by atoms with van der Waals surface area (Å²) in [4.78, 5) is 0.546. The molecule has 0 spiro atoms. The number of nitrogens with two attached hydrogens (primary N) is 1. The molecule has 0 fully saturated rings. The molecule has 0 bridgehead atoms. The number of benzene rings is 1. The minimum absolute atomic E-state index is 0.123. The van der Waals surface area contributed by atoms with Gasteiger partial charge in [-0.25, -0.2) is 0 Å². The number of hydrogen-bond acceptors (Lipinski definition) is 3. The van der Waals surface area contributed by atoms with Crippen molar-refractivity contribution >= 4 is 18.3 Å². The highest BCUT2D eigenvalue weighted by Gasteiger charge is 1.93. The Morgan fingerprint density at radius 2 is 2.11 bits per heavy atom. The molecule has 1 aromatic rings. The van der Waals surface area contributed by atoms with Gasteiger partial charge in [-0.3, -0.25) is 0 Å². The molecule has 0 amide bonds. The van der Waals surface area contributed by atoms with Gasteiger partial charge < -0.3 is 10.8 Å². The molecular weight excluding hydrogens is 134 g/mol. The fourth-order valence-electron chi connectivity index (χ4n) is 0.540. The first-order valence-corrected chi connectivity index (χ1v) is 2.92. The summed E-state index contributed by atoms with van der Waals surface area (Å²) in [5, 5.41) is 8.94. The van der Waals surface area contributed by atoms with Gasteiger partial charge in [0, 0.05) is 16.6 Å². The second kappa shape index (κ2) is 2.19. The molecule has 0 radical (unpaired) electrons. The molecule has 1 rings (SSSR count). The zero-order valence-corrected chi connectivity index (χ0v) is 5.60. The van der Waals surface area contributed by atoms with E-state index in [1.807, 2.05) is 0 Å². The average molecular weight is 141 g/mol. The zero-order valence-electron chi connectivity index (χ0n) is 4.70. The molecule has 0 aliphatic carbocycles. The topological polar surface area (TPSA) is 46.2 Å². The van der Waals surface area contributed by atoms with Crippen LogP contribution in [0.15, 0.2) is 23.1 Å². The van der Waals surface area contributed by atoms with Gasteiger partial charge in [0.05, 0.1) is 0 Å². The van der Waals surface area contributed by atoms with Crippen LogP contribution in [0, 0.1) is 0 Å². The highest BCUT2D eigenvalue weighted by Crippen LogP contribution is 2.22. The molecule has 3 N–H and O–H groups in total. The molecule has 0 atom stereocenters. The average Bonchev–Trinajstić information content (AvgIpc) is 1.80. The van der Waals surface area contributed by atoms with Gasteiger partial charge in [0.15, 0.2) is 0 Å². The minimum Gasteiger partial charge on any atom is -0.507 e. The third-order valence-corrected chi connectivity index (χ3v) is 1.38. The summed E-state index contributed by atoms with van der Waals surface area (Å²) >= 11 is 3.94. The molecule has 0 saturated heterocycles. The summed E-state index contributed by atoms with van der Waals surface area (Å²) in [6.45, 7) is 0. The number of phenols is 1. The van der Waals surface area contributed by atoms with Gasteiger partial charge >= 0.3 is 0 Å². The summed E-state index contributed by atoms with van der Waals surface area (Å²) in [5.41, 5.74) is 5.88. The molecule has 48 valence electrons. The quantitative estimate of drug-likeness (QED) is 0.376. The first-order chi connectivity index (χ1) is 4.20. The predicted molar refractivity (Wildman–Crippen MR) is 39.8 cm³/mol. The Kier molecular flexibility index (Phi) is 1.53. The maximum Gasteiger partial charge on any atom is 0.130 e. The molecule has 2 nitrogen and oxygen atoms in total. The van der Waals surface area contributed by atoms with Crippen LogP contribution in [0.5, 0.6) is 5.75 Å². The van der Waals surface area contributed by atoms with Gasteiger partial charge in [-0.2, -0.15) is 0 Å². The third kappa shape index (κ3) is 1.29. The molecule has 0 aromatic heterocycles. The summed E-state index contributed by atoms with van der Waals surface area (Å²) in [6, 6.07) is 4.79. The SMILES string of the molecule is Nc1ccc(S)c(O)c1. The van der Waals surface area contributed by atoms with E-state index in [0.717, 1.165) is 0 Å². The first-order valence-electron chi connectivity index (χ1n) is 2.47. The Balaban J connectivity index is 3.17. The van der Waals surface area contributed by atoms with Crippen molar-refractivity contribution in [1.29, 1.82) is 0 Å². The van der Waals surface area contributed by atoms with Gasteiger partial charge in [0.1, 0.15) is 5.75 Å². The van der Waals surface area contributed by atoms with E-state index < -0.39 is 0 Å². The Hall–Kier alpha value is -0.830. The molecule has 0 heterocycles. The largest absolute Gasteiger partial charge is 0.507 e. The predicted octanol–water partition coefficient (Wildman–Crippen LogP) is 1.26. The lowest BCUT2D eigenvalue weighted by Crippen LogP contribution is -1.82. The number of anilines is 1. The summed E-state index contributed by atoms with van der Waals surface area (Å²) in [5.74, 6) is 0.123. The molecule has 0 unspecified atom stereocenters. The van der Waals surface area contributed by atoms with E-state index in [-0.39, 0.29) is 5.75 Å². The van der Waals surface area contributed by atoms with Crippen LogP contribution in [0.1, 0.15) is 0 Å². The molecule has 3 heteroatoms. The van der Waals surface area contributed by atoms with Crippen LogP contribution in [0.2, 0.25) is 0 Å². The molecular formula is C6H7NOS. The first kappa shape index (κ1) is 6.29. The van der Waals surface area contributed by atoms with Gasteiger partial charge in [-0.1, -0.05) is 0 Å². The van der Waals surface area contributed by atoms with Crippen LogP contribution in [-0.2, 0) is 0 Å². The lowest BCUT2D eigenvalue weighted by Gasteiger charge is -1.96. The summed E-state index contributed by atoms with van der Waals surface area (Å²) in [7, 11) is 0. The van der Waals surface area contributed by atoms with E-state index in [9.17, 15) is 0 Å². The molecule has 1 aromatic carbocycles. The van der Waals surface area contributed by atoms with E-state index >= 15 is 0 Å². The van der Waals surface area contributed by atoms with Gasteiger partial charge in [0.25, 0.3) is 0 Å². The lowest BCUT2D eigenvalue weighted by atomic mass is 10.3. The summed E-state index contributed by atoms with van der Waals surface area (Å²) < 4.78 is 0.